The Morgan fingerprint density at radius 3 is 2.33 bits per heavy atom. The van der Waals surface area contributed by atoms with Gasteiger partial charge in [-0.15, -0.1) is 0 Å². The Balaban J connectivity index is 0. The molecule has 0 aromatic rings. The minimum absolute atomic E-state index is 0.833. The molecule has 0 heterocycles. The third-order valence-electron chi connectivity index (χ3n) is 1.50. The molecule has 0 aliphatic rings. The van der Waals surface area contributed by atoms with E-state index in [-0.39, 0.29) is 0 Å². The van der Waals surface area contributed by atoms with E-state index >= 15 is 0 Å². The highest BCUT2D eigenvalue weighted by Crippen LogP contribution is 1.85. The van der Waals surface area contributed by atoms with Crippen molar-refractivity contribution >= 4 is 12.3 Å². The number of carboxylic acids is 1. The van der Waals surface area contributed by atoms with Gasteiger partial charge in [0.2, 0.25) is 0 Å². The van der Waals surface area contributed by atoms with Gasteiger partial charge < -0.3 is 10.4 Å². The summed E-state index contributed by atoms with van der Waals surface area (Å²) in [6.07, 6.45) is 6.75. The predicted molar refractivity (Wildman–Crippen MR) is 64.5 cm³/mol. The van der Waals surface area contributed by atoms with E-state index in [1.54, 1.807) is 0 Å². The quantitative estimate of drug-likeness (QED) is 0.390. The Bertz CT molecular complexity index is 155. The first-order chi connectivity index (χ1) is 7.15. The summed E-state index contributed by atoms with van der Waals surface area (Å²) < 4.78 is 0. The summed E-state index contributed by atoms with van der Waals surface area (Å²) in [5, 5.41) is 10.6. The molecule has 0 aromatic carbocycles. The minimum atomic E-state index is -0.833. The molecule has 0 radical (unpaired) electrons. The van der Waals surface area contributed by atoms with Crippen LogP contribution >= 0.6 is 0 Å². The second-order valence-corrected chi connectivity index (χ2v) is 3.22. The topological polar surface area (TPSA) is 61.7 Å². The van der Waals surface area contributed by atoms with Crippen molar-refractivity contribution in [2.24, 2.45) is 4.99 Å². The van der Waals surface area contributed by atoms with Gasteiger partial charge in [0.25, 0.3) is 5.97 Å². The van der Waals surface area contributed by atoms with Crippen LogP contribution in [0.2, 0.25) is 0 Å². The van der Waals surface area contributed by atoms with Crippen LogP contribution in [0.4, 0.5) is 0 Å². The zero-order chi connectivity index (χ0) is 11.9. The standard InChI is InChI=1S/C9H20N2.C2H4O2/c1-3-5-7-10-9-11-8-6-4-2;1-2(3)4/h9H,3-8H2,1-2H3,(H,10,11);1H3,(H,3,4). The lowest BCUT2D eigenvalue weighted by molar-refractivity contribution is -0.134. The van der Waals surface area contributed by atoms with Gasteiger partial charge in [-0.25, -0.2) is 0 Å². The van der Waals surface area contributed by atoms with Crippen LogP contribution in [0.1, 0.15) is 46.5 Å². The largest absolute Gasteiger partial charge is 0.481 e. The van der Waals surface area contributed by atoms with Crippen LogP contribution in [0, 0.1) is 0 Å². The molecule has 0 spiro atoms. The number of nitrogens with one attached hydrogen (secondary N) is 1. The summed E-state index contributed by atoms with van der Waals surface area (Å²) in [5.74, 6) is -0.833. The van der Waals surface area contributed by atoms with Crippen molar-refractivity contribution in [3.8, 4) is 0 Å². The van der Waals surface area contributed by atoms with E-state index in [4.69, 9.17) is 9.90 Å². The van der Waals surface area contributed by atoms with E-state index in [1.807, 2.05) is 6.34 Å². The molecule has 0 unspecified atom stereocenters. The molecule has 0 fully saturated rings. The van der Waals surface area contributed by atoms with Gasteiger partial charge in [-0.3, -0.25) is 9.79 Å². The van der Waals surface area contributed by atoms with Crippen LogP contribution in [-0.4, -0.2) is 30.5 Å². The first kappa shape index (κ1) is 16.4. The molecule has 90 valence electrons. The van der Waals surface area contributed by atoms with Gasteiger partial charge in [0.05, 0.1) is 6.34 Å². The number of hydrogen-bond acceptors (Lipinski definition) is 2. The fourth-order valence-electron chi connectivity index (χ4n) is 0.722. The first-order valence-electron chi connectivity index (χ1n) is 5.56. The average Bonchev–Trinajstić information content (AvgIpc) is 2.16. The van der Waals surface area contributed by atoms with E-state index in [0.717, 1.165) is 20.0 Å². The number of rotatable bonds is 7. The highest BCUT2D eigenvalue weighted by atomic mass is 16.4. The summed E-state index contributed by atoms with van der Waals surface area (Å²) in [6.45, 7) is 7.48. The van der Waals surface area contributed by atoms with Crippen LogP contribution in [-0.2, 0) is 4.79 Å². The molecule has 0 rings (SSSR count). The highest BCUT2D eigenvalue weighted by Gasteiger charge is 1.79. The van der Waals surface area contributed by atoms with Gasteiger partial charge in [0, 0.05) is 20.0 Å². The SMILES string of the molecule is CC(=O)O.CCCCN=CNCCCC. The molecule has 15 heavy (non-hydrogen) atoms. The zero-order valence-electron chi connectivity index (χ0n) is 10.1. The number of aliphatic carboxylic acids is 1. The maximum absolute atomic E-state index is 9.00. The Morgan fingerprint density at radius 1 is 1.33 bits per heavy atom. The smallest absolute Gasteiger partial charge is 0.300 e. The van der Waals surface area contributed by atoms with Crippen molar-refractivity contribution in [1.29, 1.82) is 0 Å². The molecule has 0 atom stereocenters. The fraction of sp³-hybridized carbons (Fsp3) is 0.818. The van der Waals surface area contributed by atoms with E-state index < -0.39 is 5.97 Å². The molecule has 0 aliphatic carbocycles. The maximum Gasteiger partial charge on any atom is 0.300 e. The Hall–Kier alpha value is -1.06. The lowest BCUT2D eigenvalue weighted by Crippen LogP contribution is -2.12. The van der Waals surface area contributed by atoms with E-state index in [1.165, 1.54) is 25.7 Å². The molecular formula is C11H24N2O2. The van der Waals surface area contributed by atoms with Gasteiger partial charge in [-0.1, -0.05) is 26.7 Å². The number of aliphatic imine (C=N–C) groups is 1. The summed E-state index contributed by atoms with van der Waals surface area (Å²) in [7, 11) is 0. The van der Waals surface area contributed by atoms with Crippen molar-refractivity contribution in [3.05, 3.63) is 0 Å². The first-order valence-corrected chi connectivity index (χ1v) is 5.56. The molecule has 0 amide bonds. The van der Waals surface area contributed by atoms with Crippen molar-refractivity contribution in [1.82, 2.24) is 5.32 Å². The van der Waals surface area contributed by atoms with Crippen LogP contribution < -0.4 is 5.32 Å². The van der Waals surface area contributed by atoms with Crippen LogP contribution in [0.5, 0.6) is 0 Å². The minimum Gasteiger partial charge on any atom is -0.481 e. The monoisotopic (exact) mass is 216 g/mol. The molecule has 0 bridgehead atoms. The lowest BCUT2D eigenvalue weighted by Gasteiger charge is -1.96. The normalized spacial score (nSPS) is 9.53. The second kappa shape index (κ2) is 15.4. The number of nitrogens with zero attached hydrogens (tertiary/aromatic N) is 1. The van der Waals surface area contributed by atoms with Crippen molar-refractivity contribution in [2.75, 3.05) is 13.1 Å². The molecule has 0 saturated carbocycles. The van der Waals surface area contributed by atoms with Gasteiger partial charge in [0.1, 0.15) is 0 Å². The number of unbranched alkanes of at least 4 members (excludes halogenated alkanes) is 2. The Morgan fingerprint density at radius 2 is 1.87 bits per heavy atom. The molecular weight excluding hydrogens is 192 g/mol. The molecule has 0 aromatic heterocycles. The van der Waals surface area contributed by atoms with E-state index in [0.29, 0.717) is 0 Å². The fourth-order valence-corrected chi connectivity index (χ4v) is 0.722. The average molecular weight is 216 g/mol. The number of hydrogen-bond donors (Lipinski definition) is 2. The maximum atomic E-state index is 9.00. The Kier molecular flexibility index (Phi) is 16.8. The molecule has 4 nitrogen and oxygen atoms in total. The summed E-state index contributed by atoms with van der Waals surface area (Å²) in [5.41, 5.74) is 0. The van der Waals surface area contributed by atoms with Gasteiger partial charge >= 0.3 is 0 Å². The third-order valence-corrected chi connectivity index (χ3v) is 1.50. The zero-order valence-corrected chi connectivity index (χ0v) is 10.1. The molecule has 2 N–H and O–H groups in total. The van der Waals surface area contributed by atoms with Crippen molar-refractivity contribution < 1.29 is 9.90 Å². The molecule has 4 heteroatoms. The summed E-state index contributed by atoms with van der Waals surface area (Å²) in [4.78, 5) is 13.2. The van der Waals surface area contributed by atoms with Crippen LogP contribution in [0.25, 0.3) is 0 Å². The van der Waals surface area contributed by atoms with Gasteiger partial charge in [-0.2, -0.15) is 0 Å². The second-order valence-electron chi connectivity index (χ2n) is 3.22. The summed E-state index contributed by atoms with van der Waals surface area (Å²) in [6, 6.07) is 0. The molecule has 0 aliphatic heterocycles. The molecule has 0 saturated heterocycles. The van der Waals surface area contributed by atoms with Crippen LogP contribution in [0.3, 0.4) is 0 Å². The highest BCUT2D eigenvalue weighted by molar-refractivity contribution is 5.62. The number of carbonyl (C=O) groups is 1. The number of carboxylic acid groups (broad SMARTS) is 1. The van der Waals surface area contributed by atoms with Gasteiger partial charge in [0.15, 0.2) is 0 Å². The Labute approximate surface area is 92.8 Å². The van der Waals surface area contributed by atoms with Gasteiger partial charge in [-0.05, 0) is 12.8 Å². The van der Waals surface area contributed by atoms with E-state index in [2.05, 4.69) is 24.2 Å². The van der Waals surface area contributed by atoms with E-state index in [9.17, 15) is 0 Å². The third kappa shape index (κ3) is 32.2. The van der Waals surface area contributed by atoms with Crippen molar-refractivity contribution in [3.63, 3.8) is 0 Å². The summed E-state index contributed by atoms with van der Waals surface area (Å²) >= 11 is 0. The lowest BCUT2D eigenvalue weighted by atomic mass is 10.3. The van der Waals surface area contributed by atoms with Crippen LogP contribution in [0.15, 0.2) is 4.99 Å². The predicted octanol–water partition coefficient (Wildman–Crippen LogP) is 2.30. The van der Waals surface area contributed by atoms with Crippen molar-refractivity contribution in [2.45, 2.75) is 46.5 Å².